The number of Topliss-reactive ketones (excluding diaryl/α,β-unsaturated/α-hetero) is 1. The van der Waals surface area contributed by atoms with Crippen LogP contribution in [-0.4, -0.2) is 21.0 Å². The van der Waals surface area contributed by atoms with Crippen LogP contribution in [0.4, 0.5) is 23.1 Å². The van der Waals surface area contributed by atoms with Crippen LogP contribution in [0.1, 0.15) is 28.4 Å². The van der Waals surface area contributed by atoms with Gasteiger partial charge >= 0.3 is 0 Å². The summed E-state index contributed by atoms with van der Waals surface area (Å²) in [5, 5.41) is 14.3. The zero-order chi connectivity index (χ0) is 17.8. The van der Waals surface area contributed by atoms with Gasteiger partial charge in [0, 0.05) is 16.9 Å². The first-order chi connectivity index (χ1) is 12.0. The highest BCUT2D eigenvalue weighted by molar-refractivity contribution is 5.94. The van der Waals surface area contributed by atoms with Gasteiger partial charge in [-0.25, -0.2) is 0 Å². The van der Waals surface area contributed by atoms with Gasteiger partial charge in [-0.2, -0.15) is 10.1 Å². The number of carbonyl (C=O) groups is 1. The number of hydrogen-bond acceptors (Lipinski definition) is 6. The molecule has 0 aliphatic heterocycles. The lowest BCUT2D eigenvalue weighted by molar-refractivity contribution is 0.101. The monoisotopic (exact) mass is 333 g/mol. The van der Waals surface area contributed by atoms with Gasteiger partial charge in [-0.05, 0) is 56.7 Å². The third-order valence-corrected chi connectivity index (χ3v) is 3.75. The van der Waals surface area contributed by atoms with Crippen molar-refractivity contribution in [2.24, 2.45) is 0 Å². The molecule has 0 radical (unpaired) electrons. The van der Waals surface area contributed by atoms with Gasteiger partial charge in [-0.3, -0.25) is 4.79 Å². The molecule has 1 aromatic heterocycles. The van der Waals surface area contributed by atoms with Gasteiger partial charge in [-0.1, -0.05) is 17.7 Å². The minimum atomic E-state index is 0.0372. The van der Waals surface area contributed by atoms with Gasteiger partial charge in [0.05, 0.1) is 6.20 Å². The summed E-state index contributed by atoms with van der Waals surface area (Å²) in [6.07, 6.45) is 1.55. The first kappa shape index (κ1) is 16.6. The predicted octanol–water partition coefficient (Wildman–Crippen LogP) is 4.18. The Balaban J connectivity index is 1.76. The number of aromatic nitrogens is 3. The Bertz CT molecular complexity index is 906. The summed E-state index contributed by atoms with van der Waals surface area (Å²) in [5.74, 6) is 1.02. The normalized spacial score (nSPS) is 10.4. The topological polar surface area (TPSA) is 79.8 Å². The molecule has 0 saturated heterocycles. The lowest BCUT2D eigenvalue weighted by Crippen LogP contribution is -2.03. The molecule has 2 aromatic carbocycles. The number of nitrogens with one attached hydrogen (secondary N) is 2. The molecule has 6 nitrogen and oxygen atoms in total. The minimum absolute atomic E-state index is 0.0372. The number of hydrogen-bond donors (Lipinski definition) is 2. The second-order valence-electron chi connectivity index (χ2n) is 5.87. The molecule has 2 N–H and O–H groups in total. The summed E-state index contributed by atoms with van der Waals surface area (Å²) in [5.41, 5.74) is 4.75. The zero-order valence-electron chi connectivity index (χ0n) is 14.4. The molecule has 3 rings (SSSR count). The SMILES string of the molecule is CC(=O)c1ccc(Nc2cnnc(Nc3ccc(C)cc3C)n2)cc1. The number of nitrogens with zero attached hydrogens (tertiary/aromatic N) is 3. The molecule has 0 saturated carbocycles. The highest BCUT2D eigenvalue weighted by Gasteiger charge is 2.05. The molecule has 0 aliphatic rings. The second kappa shape index (κ2) is 7.09. The zero-order valence-corrected chi connectivity index (χ0v) is 14.4. The number of anilines is 4. The van der Waals surface area contributed by atoms with E-state index in [2.05, 4.69) is 38.8 Å². The highest BCUT2D eigenvalue weighted by Crippen LogP contribution is 2.20. The number of aryl methyl sites for hydroxylation is 2. The summed E-state index contributed by atoms with van der Waals surface area (Å²) in [4.78, 5) is 15.7. The molecular weight excluding hydrogens is 314 g/mol. The molecule has 1 heterocycles. The summed E-state index contributed by atoms with van der Waals surface area (Å²) >= 11 is 0. The predicted molar refractivity (Wildman–Crippen MR) is 98.8 cm³/mol. The van der Waals surface area contributed by atoms with Crippen LogP contribution in [0.2, 0.25) is 0 Å². The lowest BCUT2D eigenvalue weighted by atomic mass is 10.1. The first-order valence-corrected chi connectivity index (χ1v) is 7.93. The maximum atomic E-state index is 11.3. The Morgan fingerprint density at radius 3 is 2.44 bits per heavy atom. The van der Waals surface area contributed by atoms with Gasteiger partial charge in [0.2, 0.25) is 5.95 Å². The van der Waals surface area contributed by atoms with E-state index in [0.29, 0.717) is 17.3 Å². The van der Waals surface area contributed by atoms with E-state index in [9.17, 15) is 4.79 Å². The van der Waals surface area contributed by atoms with Crippen molar-refractivity contribution in [1.82, 2.24) is 15.2 Å². The van der Waals surface area contributed by atoms with Crippen LogP contribution in [0.25, 0.3) is 0 Å². The molecule has 0 fully saturated rings. The molecule has 0 aliphatic carbocycles. The Morgan fingerprint density at radius 2 is 1.76 bits per heavy atom. The third kappa shape index (κ3) is 4.17. The minimum Gasteiger partial charge on any atom is -0.339 e. The van der Waals surface area contributed by atoms with Crippen LogP contribution in [0.3, 0.4) is 0 Å². The Labute approximate surface area is 146 Å². The van der Waals surface area contributed by atoms with Crippen molar-refractivity contribution < 1.29 is 4.79 Å². The fraction of sp³-hybridized carbons (Fsp3) is 0.158. The molecule has 0 unspecified atom stereocenters. The molecule has 126 valence electrons. The van der Waals surface area contributed by atoms with Gasteiger partial charge < -0.3 is 10.6 Å². The van der Waals surface area contributed by atoms with Crippen LogP contribution >= 0.6 is 0 Å². The van der Waals surface area contributed by atoms with Gasteiger partial charge in [-0.15, -0.1) is 5.10 Å². The maximum Gasteiger partial charge on any atom is 0.249 e. The van der Waals surface area contributed by atoms with E-state index in [4.69, 9.17) is 0 Å². The van der Waals surface area contributed by atoms with E-state index in [1.165, 1.54) is 5.56 Å². The van der Waals surface area contributed by atoms with Gasteiger partial charge in [0.15, 0.2) is 11.6 Å². The average molecular weight is 333 g/mol. The largest absolute Gasteiger partial charge is 0.339 e. The summed E-state index contributed by atoms with van der Waals surface area (Å²) < 4.78 is 0. The first-order valence-electron chi connectivity index (χ1n) is 7.93. The van der Waals surface area contributed by atoms with Crippen molar-refractivity contribution >= 4 is 28.9 Å². The van der Waals surface area contributed by atoms with Crippen molar-refractivity contribution in [2.75, 3.05) is 10.6 Å². The lowest BCUT2D eigenvalue weighted by Gasteiger charge is -2.10. The third-order valence-electron chi connectivity index (χ3n) is 3.75. The maximum absolute atomic E-state index is 11.3. The van der Waals surface area contributed by atoms with Crippen LogP contribution in [0, 0.1) is 13.8 Å². The smallest absolute Gasteiger partial charge is 0.249 e. The van der Waals surface area contributed by atoms with Gasteiger partial charge in [0.1, 0.15) is 0 Å². The molecule has 0 atom stereocenters. The number of ketones is 1. The summed E-state index contributed by atoms with van der Waals surface area (Å²) in [6.45, 7) is 5.62. The van der Waals surface area contributed by atoms with Crippen molar-refractivity contribution in [2.45, 2.75) is 20.8 Å². The Kier molecular flexibility index (Phi) is 4.70. The van der Waals surface area contributed by atoms with Crippen molar-refractivity contribution in [3.8, 4) is 0 Å². The standard InChI is InChI=1S/C19H19N5O/c1-12-4-9-17(13(2)10-12)22-19-23-18(11-20-24-19)21-16-7-5-15(6-8-16)14(3)25/h4-11H,1-3H3,(H2,21,22,23,24). The molecular formula is C19H19N5O. The van der Waals surface area contributed by atoms with Crippen LogP contribution < -0.4 is 10.6 Å². The van der Waals surface area contributed by atoms with Crippen molar-refractivity contribution in [1.29, 1.82) is 0 Å². The van der Waals surface area contributed by atoms with E-state index in [1.54, 1.807) is 25.3 Å². The number of rotatable bonds is 5. The Hall–Kier alpha value is -3.28. The summed E-state index contributed by atoms with van der Waals surface area (Å²) in [6, 6.07) is 13.3. The molecule has 0 amide bonds. The average Bonchev–Trinajstić information content (AvgIpc) is 2.58. The Morgan fingerprint density at radius 1 is 1.00 bits per heavy atom. The molecule has 0 bridgehead atoms. The van der Waals surface area contributed by atoms with Crippen molar-refractivity contribution in [3.63, 3.8) is 0 Å². The van der Waals surface area contributed by atoms with E-state index >= 15 is 0 Å². The molecule has 25 heavy (non-hydrogen) atoms. The van der Waals surface area contributed by atoms with Crippen molar-refractivity contribution in [3.05, 3.63) is 65.4 Å². The van der Waals surface area contributed by atoms with E-state index in [-0.39, 0.29) is 5.78 Å². The van der Waals surface area contributed by atoms with E-state index < -0.39 is 0 Å². The second-order valence-corrected chi connectivity index (χ2v) is 5.87. The quantitative estimate of drug-likeness (QED) is 0.682. The van der Waals surface area contributed by atoms with E-state index in [1.807, 2.05) is 31.2 Å². The fourth-order valence-electron chi connectivity index (χ4n) is 2.43. The number of carbonyl (C=O) groups excluding carboxylic acids is 1. The molecule has 6 heteroatoms. The van der Waals surface area contributed by atoms with Crippen LogP contribution in [0.5, 0.6) is 0 Å². The molecule has 3 aromatic rings. The van der Waals surface area contributed by atoms with Gasteiger partial charge in [0.25, 0.3) is 0 Å². The molecule has 0 spiro atoms. The highest BCUT2D eigenvalue weighted by atomic mass is 16.1. The van der Waals surface area contributed by atoms with Crippen LogP contribution in [-0.2, 0) is 0 Å². The van der Waals surface area contributed by atoms with E-state index in [0.717, 1.165) is 16.9 Å². The van der Waals surface area contributed by atoms with Crippen LogP contribution in [0.15, 0.2) is 48.7 Å². The fourth-order valence-corrected chi connectivity index (χ4v) is 2.43. The summed E-state index contributed by atoms with van der Waals surface area (Å²) in [7, 11) is 0. The number of benzene rings is 2.